The molecule has 6 nitrogen and oxygen atoms in total. The highest BCUT2D eigenvalue weighted by molar-refractivity contribution is 5.97. The molecule has 4 rings (SSSR count). The Morgan fingerprint density at radius 3 is 2.53 bits per heavy atom. The Kier molecular flexibility index (Phi) is 6.11. The normalized spacial score (nSPS) is 17.5. The van der Waals surface area contributed by atoms with E-state index in [1.54, 1.807) is 30.0 Å². The highest BCUT2D eigenvalue weighted by Crippen LogP contribution is 2.29. The lowest BCUT2D eigenvalue weighted by Gasteiger charge is -2.35. The Morgan fingerprint density at radius 1 is 1.10 bits per heavy atom. The molecule has 30 heavy (non-hydrogen) atoms. The number of carbonyl (C=O) groups excluding carboxylic acids is 2. The molecule has 2 aromatic carbocycles. The van der Waals surface area contributed by atoms with Gasteiger partial charge in [-0.3, -0.25) is 14.5 Å². The molecular weight excluding hydrogens is 385 g/mol. The number of nitrogens with zero attached hydrogens (tertiary/aromatic N) is 2. The van der Waals surface area contributed by atoms with Gasteiger partial charge in [-0.1, -0.05) is 12.1 Å². The first kappa shape index (κ1) is 20.5. The van der Waals surface area contributed by atoms with Gasteiger partial charge in [0.1, 0.15) is 5.82 Å². The van der Waals surface area contributed by atoms with E-state index in [1.165, 1.54) is 12.1 Å². The molecule has 2 aliphatic heterocycles. The Hall–Kier alpha value is -2.77. The van der Waals surface area contributed by atoms with E-state index in [2.05, 4.69) is 10.2 Å². The lowest BCUT2D eigenvalue weighted by Crippen LogP contribution is -2.43. The van der Waals surface area contributed by atoms with Gasteiger partial charge in [-0.2, -0.15) is 0 Å². The number of morpholine rings is 1. The van der Waals surface area contributed by atoms with Crippen molar-refractivity contribution in [2.75, 3.05) is 44.3 Å². The molecule has 2 aromatic rings. The van der Waals surface area contributed by atoms with Crippen molar-refractivity contribution in [2.45, 2.75) is 19.4 Å². The van der Waals surface area contributed by atoms with Gasteiger partial charge >= 0.3 is 0 Å². The zero-order valence-corrected chi connectivity index (χ0v) is 17.1. The van der Waals surface area contributed by atoms with Gasteiger partial charge in [-0.25, -0.2) is 4.39 Å². The number of hydrogen-bond donors (Lipinski definition) is 1. The first-order valence-electron chi connectivity index (χ1n) is 10.3. The predicted octanol–water partition coefficient (Wildman–Crippen LogP) is 2.54. The molecule has 2 aliphatic rings. The topological polar surface area (TPSA) is 61.9 Å². The van der Waals surface area contributed by atoms with Crippen molar-refractivity contribution in [1.82, 2.24) is 10.2 Å². The molecule has 158 valence electrons. The average molecular weight is 411 g/mol. The molecule has 1 fully saturated rings. The highest BCUT2D eigenvalue weighted by Gasteiger charge is 2.25. The molecule has 0 saturated carbocycles. The van der Waals surface area contributed by atoms with E-state index in [-0.39, 0.29) is 23.7 Å². The average Bonchev–Trinajstić information content (AvgIpc) is 3.19. The van der Waals surface area contributed by atoms with Crippen LogP contribution in [0.1, 0.15) is 34.5 Å². The van der Waals surface area contributed by atoms with Crippen LogP contribution in [-0.4, -0.2) is 56.1 Å². The maximum atomic E-state index is 13.4. The van der Waals surface area contributed by atoms with Gasteiger partial charge in [0.25, 0.3) is 5.91 Å². The summed E-state index contributed by atoms with van der Waals surface area (Å²) in [5.74, 6) is -0.417. The monoisotopic (exact) mass is 411 g/mol. The number of rotatable bonds is 5. The smallest absolute Gasteiger partial charge is 0.251 e. The number of carbonyl (C=O) groups is 2. The quantitative estimate of drug-likeness (QED) is 0.822. The largest absolute Gasteiger partial charge is 0.379 e. The summed E-state index contributed by atoms with van der Waals surface area (Å²) in [5.41, 5.74) is 3.45. The van der Waals surface area contributed by atoms with Crippen LogP contribution in [0.3, 0.4) is 0 Å². The van der Waals surface area contributed by atoms with Crippen molar-refractivity contribution in [3.05, 3.63) is 65.0 Å². The number of nitrogens with one attached hydrogen (secondary N) is 1. The SMILES string of the molecule is CC(=O)N1CCc2cc(C(=O)NC[C@@H](c3ccc(F)cc3)N3CCOCC3)ccc21. The van der Waals surface area contributed by atoms with E-state index in [9.17, 15) is 14.0 Å². The Labute approximate surface area is 175 Å². The van der Waals surface area contributed by atoms with Crippen LogP contribution in [-0.2, 0) is 16.0 Å². The zero-order chi connectivity index (χ0) is 21.1. The minimum Gasteiger partial charge on any atom is -0.379 e. The lowest BCUT2D eigenvalue weighted by atomic mass is 10.0. The standard InChI is InChI=1S/C23H26FN3O3/c1-16(28)27-9-8-18-14-19(4-7-21(18)27)23(29)25-15-22(26-10-12-30-13-11-26)17-2-5-20(24)6-3-17/h2-7,14,22H,8-13,15H2,1H3,(H,25,29)/t22-/m0/s1. The van der Waals surface area contributed by atoms with Gasteiger partial charge in [0, 0.05) is 44.4 Å². The summed E-state index contributed by atoms with van der Waals surface area (Å²) < 4.78 is 18.8. The predicted molar refractivity (Wildman–Crippen MR) is 112 cm³/mol. The number of fused-ring (bicyclic) bond motifs is 1. The molecule has 7 heteroatoms. The number of anilines is 1. The molecule has 1 saturated heterocycles. The van der Waals surface area contributed by atoms with E-state index in [0.717, 1.165) is 36.3 Å². The molecule has 0 unspecified atom stereocenters. The van der Waals surface area contributed by atoms with Gasteiger partial charge in [0.15, 0.2) is 0 Å². The number of ether oxygens (including phenoxy) is 1. The Balaban J connectivity index is 1.47. The lowest BCUT2D eigenvalue weighted by molar-refractivity contribution is -0.116. The molecule has 0 radical (unpaired) electrons. The van der Waals surface area contributed by atoms with Crippen LogP contribution in [0.15, 0.2) is 42.5 Å². The van der Waals surface area contributed by atoms with Crippen molar-refractivity contribution < 1.29 is 18.7 Å². The van der Waals surface area contributed by atoms with Gasteiger partial charge in [0.2, 0.25) is 5.91 Å². The molecule has 0 aromatic heterocycles. The van der Waals surface area contributed by atoms with Crippen molar-refractivity contribution in [3.63, 3.8) is 0 Å². The fourth-order valence-electron chi connectivity index (χ4n) is 4.19. The second-order valence-corrected chi connectivity index (χ2v) is 7.69. The van der Waals surface area contributed by atoms with Crippen LogP contribution < -0.4 is 10.2 Å². The van der Waals surface area contributed by atoms with E-state index in [1.807, 2.05) is 12.1 Å². The van der Waals surface area contributed by atoms with Crippen LogP contribution in [0.5, 0.6) is 0 Å². The Bertz CT molecular complexity index is 926. The minimum atomic E-state index is -0.277. The van der Waals surface area contributed by atoms with Gasteiger partial charge in [-0.05, 0) is 47.9 Å². The molecule has 0 bridgehead atoms. The first-order valence-corrected chi connectivity index (χ1v) is 10.3. The van der Waals surface area contributed by atoms with Gasteiger partial charge in [0.05, 0.1) is 19.3 Å². The van der Waals surface area contributed by atoms with Crippen LogP contribution in [0.4, 0.5) is 10.1 Å². The third-order valence-corrected chi connectivity index (χ3v) is 5.81. The van der Waals surface area contributed by atoms with Crippen molar-refractivity contribution >= 4 is 17.5 Å². The summed E-state index contributed by atoms with van der Waals surface area (Å²) in [5, 5.41) is 3.04. The molecule has 0 aliphatic carbocycles. The number of halogens is 1. The summed E-state index contributed by atoms with van der Waals surface area (Å²) in [6, 6.07) is 11.9. The van der Waals surface area contributed by atoms with Crippen LogP contribution in [0, 0.1) is 5.82 Å². The maximum Gasteiger partial charge on any atom is 0.251 e. The molecule has 2 amide bonds. The number of amides is 2. The van der Waals surface area contributed by atoms with E-state index in [4.69, 9.17) is 4.74 Å². The summed E-state index contributed by atoms with van der Waals surface area (Å²) in [4.78, 5) is 28.5. The van der Waals surface area contributed by atoms with Crippen LogP contribution in [0.25, 0.3) is 0 Å². The summed E-state index contributed by atoms with van der Waals surface area (Å²) in [6.07, 6.45) is 0.752. The van der Waals surface area contributed by atoms with E-state index in [0.29, 0.717) is 31.9 Å². The van der Waals surface area contributed by atoms with Crippen LogP contribution in [0.2, 0.25) is 0 Å². The first-order chi connectivity index (χ1) is 14.5. The van der Waals surface area contributed by atoms with Crippen molar-refractivity contribution in [2.24, 2.45) is 0 Å². The Morgan fingerprint density at radius 2 is 1.83 bits per heavy atom. The second-order valence-electron chi connectivity index (χ2n) is 7.69. The number of hydrogen-bond acceptors (Lipinski definition) is 4. The third kappa shape index (κ3) is 4.37. The van der Waals surface area contributed by atoms with Crippen molar-refractivity contribution in [1.29, 1.82) is 0 Å². The highest BCUT2D eigenvalue weighted by atomic mass is 19.1. The fraction of sp³-hybridized carbons (Fsp3) is 0.391. The van der Waals surface area contributed by atoms with E-state index < -0.39 is 0 Å². The van der Waals surface area contributed by atoms with Crippen molar-refractivity contribution in [3.8, 4) is 0 Å². The minimum absolute atomic E-state index is 0.0126. The van der Waals surface area contributed by atoms with Crippen LogP contribution >= 0.6 is 0 Å². The molecule has 1 N–H and O–H groups in total. The molecule has 2 heterocycles. The third-order valence-electron chi connectivity index (χ3n) is 5.81. The molecule has 0 spiro atoms. The number of benzene rings is 2. The summed E-state index contributed by atoms with van der Waals surface area (Å²) >= 11 is 0. The zero-order valence-electron chi connectivity index (χ0n) is 17.1. The fourth-order valence-corrected chi connectivity index (χ4v) is 4.19. The van der Waals surface area contributed by atoms with Gasteiger partial charge in [-0.15, -0.1) is 0 Å². The van der Waals surface area contributed by atoms with Gasteiger partial charge < -0.3 is 15.0 Å². The molecular formula is C23H26FN3O3. The summed E-state index contributed by atoms with van der Waals surface area (Å²) in [7, 11) is 0. The second kappa shape index (κ2) is 8.93. The summed E-state index contributed by atoms with van der Waals surface area (Å²) in [6.45, 7) is 5.43. The van der Waals surface area contributed by atoms with E-state index >= 15 is 0 Å². The molecule has 1 atom stereocenters. The maximum absolute atomic E-state index is 13.4.